The molecule has 0 amide bonds. The van der Waals surface area contributed by atoms with Crippen LogP contribution in [-0.2, 0) is 29.3 Å². The third-order valence-electron chi connectivity index (χ3n) is 7.42. The van der Waals surface area contributed by atoms with Gasteiger partial charge in [-0.05, 0) is 73.0 Å². The maximum absolute atomic E-state index is 11.9. The molecule has 0 saturated carbocycles. The Labute approximate surface area is 294 Å². The number of benzene rings is 4. The number of nitro groups is 1. The lowest BCUT2D eigenvalue weighted by Crippen LogP contribution is -2.10. The highest BCUT2D eigenvalue weighted by molar-refractivity contribution is 7.91. The topological polar surface area (TPSA) is 204 Å². The molecule has 4 rings (SSSR count). The molecule has 50 heavy (non-hydrogen) atoms. The first-order valence-corrected chi connectivity index (χ1v) is 18.5. The number of hydrogen-bond acceptors (Lipinski definition) is 10. The van der Waals surface area contributed by atoms with Crippen LogP contribution in [0.4, 0.5) is 5.69 Å². The SMILES string of the molecule is CCS(=O)(=O)c1ccc(-c2c(OCC(=O)O)ccc(Cl)c2C)cc1.CCS(=O)(=O)c1ccc(-c2c(OCC(=O)O)ccc([N+](=O)[O-])c2C)cc1. The van der Waals surface area contributed by atoms with E-state index in [1.807, 2.05) is 0 Å². The van der Waals surface area contributed by atoms with Crippen molar-refractivity contribution in [2.24, 2.45) is 0 Å². The monoisotopic (exact) mass is 747 g/mol. The molecule has 0 aliphatic rings. The van der Waals surface area contributed by atoms with E-state index in [4.69, 9.17) is 31.3 Å². The molecule has 0 atom stereocenters. The molecule has 0 fully saturated rings. The molecule has 0 unspecified atom stereocenters. The summed E-state index contributed by atoms with van der Waals surface area (Å²) in [4.78, 5) is 32.5. The number of carboxylic acids is 2. The lowest BCUT2D eigenvalue weighted by Gasteiger charge is -2.15. The first kappa shape index (κ1) is 39.4. The van der Waals surface area contributed by atoms with Gasteiger partial charge in [0.05, 0.1) is 26.2 Å². The lowest BCUT2D eigenvalue weighted by atomic mass is 9.98. The first-order chi connectivity index (χ1) is 23.4. The fourth-order valence-corrected chi connectivity index (χ4v) is 6.69. The number of nitrogens with zero attached hydrogens (tertiary/aromatic N) is 1. The molecule has 0 heterocycles. The fraction of sp³-hybridized carbons (Fsp3) is 0.235. The molecule has 16 heteroatoms. The van der Waals surface area contributed by atoms with E-state index in [-0.39, 0.29) is 32.7 Å². The number of carbonyl (C=O) groups is 2. The Hall–Kier alpha value is -4.99. The molecule has 13 nitrogen and oxygen atoms in total. The Balaban J connectivity index is 0.000000271. The standard InChI is InChI=1S/C17H17ClO5S.C17H17NO7S/c1-3-24(21,22)13-6-4-12(5-7-13)17-11(2)14(18)8-9-15(17)23-10-16(19)20;1-3-26(23,24)13-6-4-12(5-7-13)17-11(2)14(18(21)22)8-9-15(17)25-10-16(19)20/h4-9H,3,10H2,1-2H3,(H,19,20);4-9H,3,10H2,1-2H3,(H,19,20). The summed E-state index contributed by atoms with van der Waals surface area (Å²) < 4.78 is 58.2. The molecule has 266 valence electrons. The highest BCUT2D eigenvalue weighted by Crippen LogP contribution is 2.39. The third kappa shape index (κ3) is 9.58. The summed E-state index contributed by atoms with van der Waals surface area (Å²) >= 11 is 6.16. The van der Waals surface area contributed by atoms with Gasteiger partial charge in [0.25, 0.3) is 5.69 Å². The van der Waals surface area contributed by atoms with Crippen LogP contribution in [0.5, 0.6) is 11.5 Å². The van der Waals surface area contributed by atoms with Crippen molar-refractivity contribution in [3.05, 3.63) is 99.1 Å². The van der Waals surface area contributed by atoms with Crippen molar-refractivity contribution in [2.45, 2.75) is 37.5 Å². The van der Waals surface area contributed by atoms with E-state index in [2.05, 4.69) is 0 Å². The van der Waals surface area contributed by atoms with Crippen LogP contribution in [-0.4, -0.2) is 68.6 Å². The summed E-state index contributed by atoms with van der Waals surface area (Å²) in [6, 6.07) is 18.0. The average Bonchev–Trinajstić information content (AvgIpc) is 3.08. The van der Waals surface area contributed by atoms with E-state index >= 15 is 0 Å². The summed E-state index contributed by atoms with van der Waals surface area (Å²) in [6.45, 7) is 5.36. The molecule has 0 aromatic heterocycles. The van der Waals surface area contributed by atoms with Gasteiger partial charge < -0.3 is 19.7 Å². The summed E-state index contributed by atoms with van der Waals surface area (Å²) in [5.74, 6) is -1.74. The molecule has 4 aromatic rings. The third-order valence-corrected chi connectivity index (χ3v) is 11.3. The molecule has 0 aliphatic carbocycles. The zero-order chi connectivity index (χ0) is 37.4. The molecule has 0 radical (unpaired) electrons. The van der Waals surface area contributed by atoms with Crippen LogP contribution in [0.3, 0.4) is 0 Å². The van der Waals surface area contributed by atoms with Gasteiger partial charge in [0.2, 0.25) is 0 Å². The maximum atomic E-state index is 11.9. The van der Waals surface area contributed by atoms with Crippen LogP contribution in [0.2, 0.25) is 5.02 Å². The van der Waals surface area contributed by atoms with Crippen molar-refractivity contribution in [3.63, 3.8) is 0 Å². The predicted molar refractivity (Wildman–Crippen MR) is 187 cm³/mol. The van der Waals surface area contributed by atoms with Crippen molar-refractivity contribution in [3.8, 4) is 33.8 Å². The predicted octanol–water partition coefficient (Wildman–Crippen LogP) is 6.40. The van der Waals surface area contributed by atoms with Gasteiger partial charge in [-0.25, -0.2) is 26.4 Å². The quantitative estimate of drug-likeness (QED) is 0.113. The van der Waals surface area contributed by atoms with Crippen LogP contribution < -0.4 is 9.47 Å². The van der Waals surface area contributed by atoms with E-state index in [0.29, 0.717) is 38.6 Å². The fourth-order valence-electron chi connectivity index (χ4n) is 4.76. The van der Waals surface area contributed by atoms with Crippen molar-refractivity contribution in [1.29, 1.82) is 0 Å². The Morgan fingerprint density at radius 1 is 0.680 bits per heavy atom. The number of halogens is 1. The Morgan fingerprint density at radius 2 is 1.06 bits per heavy atom. The van der Waals surface area contributed by atoms with Crippen LogP contribution in [0.25, 0.3) is 22.3 Å². The molecule has 0 aliphatic heterocycles. The van der Waals surface area contributed by atoms with E-state index in [1.165, 1.54) is 62.4 Å². The van der Waals surface area contributed by atoms with Gasteiger partial charge in [0.1, 0.15) is 11.5 Å². The van der Waals surface area contributed by atoms with Crippen molar-refractivity contribution < 1.29 is 51.0 Å². The minimum Gasteiger partial charge on any atom is -0.481 e. The zero-order valence-corrected chi connectivity index (χ0v) is 29.8. The smallest absolute Gasteiger partial charge is 0.341 e. The maximum Gasteiger partial charge on any atom is 0.341 e. The van der Waals surface area contributed by atoms with Crippen LogP contribution in [0.1, 0.15) is 25.0 Å². The van der Waals surface area contributed by atoms with Crippen LogP contribution in [0.15, 0.2) is 82.6 Å². The van der Waals surface area contributed by atoms with Crippen molar-refractivity contribution >= 4 is 48.9 Å². The number of carboxylic acid groups (broad SMARTS) is 2. The highest BCUT2D eigenvalue weighted by Gasteiger charge is 2.21. The number of aliphatic carboxylic acids is 2. The Bertz CT molecular complexity index is 2110. The Kier molecular flexibility index (Phi) is 13.1. The van der Waals surface area contributed by atoms with E-state index in [1.54, 1.807) is 38.1 Å². The van der Waals surface area contributed by atoms with E-state index in [9.17, 15) is 36.5 Å². The van der Waals surface area contributed by atoms with Crippen LogP contribution in [0, 0.1) is 24.0 Å². The second-order valence-corrected chi connectivity index (χ2v) is 15.6. The van der Waals surface area contributed by atoms with Crippen LogP contribution >= 0.6 is 11.6 Å². The second-order valence-electron chi connectivity index (χ2n) is 10.6. The van der Waals surface area contributed by atoms with Crippen molar-refractivity contribution in [1.82, 2.24) is 0 Å². The molecule has 0 spiro atoms. The van der Waals surface area contributed by atoms with E-state index < -0.39 is 49.8 Å². The molecule has 0 saturated heterocycles. The zero-order valence-electron chi connectivity index (χ0n) is 27.4. The van der Waals surface area contributed by atoms with Gasteiger partial charge in [-0.2, -0.15) is 0 Å². The highest BCUT2D eigenvalue weighted by atomic mass is 35.5. The minimum atomic E-state index is -3.38. The summed E-state index contributed by atoms with van der Waals surface area (Å²) in [5.41, 5.74) is 3.06. The normalized spacial score (nSPS) is 11.2. The molecule has 4 aromatic carbocycles. The molecule has 2 N–H and O–H groups in total. The summed E-state index contributed by atoms with van der Waals surface area (Å²) in [5, 5.41) is 29.3. The van der Waals surface area contributed by atoms with Gasteiger partial charge in [0, 0.05) is 27.8 Å². The largest absolute Gasteiger partial charge is 0.481 e. The minimum absolute atomic E-state index is 0.0233. The number of nitro benzene ring substituents is 1. The molecular formula is C34H34ClNO12S2. The number of ether oxygens (including phenoxy) is 2. The Morgan fingerprint density at radius 3 is 1.42 bits per heavy atom. The van der Waals surface area contributed by atoms with E-state index in [0.717, 1.165) is 5.56 Å². The number of sulfone groups is 2. The summed E-state index contributed by atoms with van der Waals surface area (Å²) in [6.07, 6.45) is 0. The van der Waals surface area contributed by atoms with Gasteiger partial charge in [0.15, 0.2) is 32.9 Å². The average molecular weight is 748 g/mol. The molecular weight excluding hydrogens is 714 g/mol. The summed E-state index contributed by atoms with van der Waals surface area (Å²) in [7, 11) is -6.66. The van der Waals surface area contributed by atoms with Gasteiger partial charge in [-0.1, -0.05) is 49.7 Å². The molecule has 0 bridgehead atoms. The van der Waals surface area contributed by atoms with Gasteiger partial charge >= 0.3 is 11.9 Å². The van der Waals surface area contributed by atoms with Crippen molar-refractivity contribution in [2.75, 3.05) is 24.7 Å². The number of rotatable bonds is 13. The van der Waals surface area contributed by atoms with Gasteiger partial charge in [-0.3, -0.25) is 10.1 Å². The second kappa shape index (κ2) is 16.6. The van der Waals surface area contributed by atoms with Gasteiger partial charge in [-0.15, -0.1) is 0 Å². The number of hydrogen-bond donors (Lipinski definition) is 2. The lowest BCUT2D eigenvalue weighted by molar-refractivity contribution is -0.385. The first-order valence-electron chi connectivity index (χ1n) is 14.9.